The molecule has 1 fully saturated rings. The molecule has 0 unspecified atom stereocenters. The van der Waals surface area contributed by atoms with E-state index in [1.54, 1.807) is 36.4 Å². The van der Waals surface area contributed by atoms with Gasteiger partial charge >= 0.3 is 5.91 Å². The van der Waals surface area contributed by atoms with Gasteiger partial charge in [0.1, 0.15) is 9.32 Å². The van der Waals surface area contributed by atoms with Crippen LogP contribution in [0.5, 0.6) is 0 Å². The maximum Gasteiger partial charge on any atom is 0.360 e. The summed E-state index contributed by atoms with van der Waals surface area (Å²) in [7, 11) is -3.59. The maximum absolute atomic E-state index is 13.1. The van der Waals surface area contributed by atoms with Crippen LogP contribution < -0.4 is 9.81 Å². The summed E-state index contributed by atoms with van der Waals surface area (Å²) in [4.78, 5) is 18.4. The number of amides is 1. The molecule has 0 spiro atoms. The molecule has 0 bridgehead atoms. The lowest BCUT2D eigenvalue weighted by atomic mass is 10.2. The highest BCUT2D eigenvalue weighted by Gasteiger charge is 2.30. The molecule has 0 atom stereocenters. The average Bonchev–Trinajstić information content (AvgIpc) is 3.33. The lowest BCUT2D eigenvalue weighted by molar-refractivity contribution is 0.0992. The van der Waals surface area contributed by atoms with Gasteiger partial charge in [0.2, 0.25) is 10.0 Å². The number of thiophene rings is 1. The van der Waals surface area contributed by atoms with Crippen molar-refractivity contribution in [2.45, 2.75) is 10.8 Å². The largest absolute Gasteiger partial charge is 0.369 e. The summed E-state index contributed by atoms with van der Waals surface area (Å²) < 4.78 is 27.9. The SMILES string of the molecule is O=C(N=[N+]=NCc1ccc(S(=O)(=O)N2CCN(c3ccc(Cl)cc3)CC2)s1)c1ccc(Cl)cc1. The zero-order valence-electron chi connectivity index (χ0n) is 17.8. The summed E-state index contributed by atoms with van der Waals surface area (Å²) in [6, 6.07) is 17.1. The molecule has 2 heterocycles. The van der Waals surface area contributed by atoms with Gasteiger partial charge < -0.3 is 4.90 Å². The molecule has 12 heteroatoms. The van der Waals surface area contributed by atoms with Gasteiger partial charge in [-0.15, -0.1) is 11.3 Å². The van der Waals surface area contributed by atoms with Crippen molar-refractivity contribution in [2.24, 2.45) is 10.2 Å². The highest BCUT2D eigenvalue weighted by atomic mass is 35.5. The standard InChI is InChI=1S/C22H20Cl2N5O3S2/c23-17-3-1-16(2-4-17)22(30)26-27-25-15-20-9-10-21(33-20)34(31,32)29-13-11-28(12-14-29)19-7-5-18(24)6-8-19/h1-10H,11-15H2/q+1. The van der Waals surface area contributed by atoms with Crippen LogP contribution in [-0.4, -0.2) is 44.8 Å². The number of halogens is 2. The van der Waals surface area contributed by atoms with Gasteiger partial charge in [0.15, 0.2) is 6.54 Å². The van der Waals surface area contributed by atoms with Gasteiger partial charge in [0, 0.05) is 52.4 Å². The van der Waals surface area contributed by atoms with Crippen molar-refractivity contribution in [3.05, 3.63) is 81.1 Å². The fraction of sp³-hybridized carbons (Fsp3) is 0.227. The van der Waals surface area contributed by atoms with Crippen LogP contribution in [0.4, 0.5) is 5.69 Å². The lowest BCUT2D eigenvalue weighted by Gasteiger charge is -2.35. The van der Waals surface area contributed by atoms with Crippen molar-refractivity contribution < 1.29 is 13.2 Å². The van der Waals surface area contributed by atoms with Crippen molar-refractivity contribution in [3.8, 4) is 0 Å². The van der Waals surface area contributed by atoms with E-state index < -0.39 is 15.9 Å². The van der Waals surface area contributed by atoms with Crippen LogP contribution in [0.3, 0.4) is 0 Å². The second-order valence-corrected chi connectivity index (χ2v) is 11.6. The first-order chi connectivity index (χ1) is 16.3. The first kappa shape index (κ1) is 24.5. The first-order valence-corrected chi connectivity index (χ1v) is 13.3. The maximum atomic E-state index is 13.1. The van der Waals surface area contributed by atoms with Crippen LogP contribution in [0.2, 0.25) is 10.0 Å². The second-order valence-electron chi connectivity index (χ2n) is 7.39. The number of piperazine rings is 1. The van der Waals surface area contributed by atoms with Gasteiger partial charge in [0.25, 0.3) is 10.0 Å². The molecule has 4 rings (SSSR count). The summed E-state index contributed by atoms with van der Waals surface area (Å²) in [5, 5.41) is 8.61. The molecule has 2 aromatic carbocycles. The summed E-state index contributed by atoms with van der Waals surface area (Å²) in [6.45, 7) is 2.10. The Hall–Kier alpha value is -2.59. The highest BCUT2D eigenvalue weighted by Crippen LogP contribution is 2.27. The Bertz CT molecular complexity index is 1330. The van der Waals surface area contributed by atoms with Crippen LogP contribution in [-0.2, 0) is 16.6 Å². The zero-order valence-corrected chi connectivity index (χ0v) is 21.0. The lowest BCUT2D eigenvalue weighted by Crippen LogP contribution is -2.48. The van der Waals surface area contributed by atoms with E-state index in [0.717, 1.165) is 17.0 Å². The smallest absolute Gasteiger partial charge is 0.360 e. The fourth-order valence-corrected chi connectivity index (χ4v) is 6.47. The normalized spacial score (nSPS) is 14.5. The Labute approximate surface area is 211 Å². The average molecular weight is 537 g/mol. The van der Waals surface area contributed by atoms with Gasteiger partial charge in [-0.25, -0.2) is 8.42 Å². The van der Waals surface area contributed by atoms with Crippen molar-refractivity contribution in [1.82, 2.24) is 9.22 Å². The third-order valence-electron chi connectivity index (χ3n) is 5.18. The van der Waals surface area contributed by atoms with Gasteiger partial charge in [-0.3, -0.25) is 4.79 Å². The highest BCUT2D eigenvalue weighted by molar-refractivity contribution is 7.91. The summed E-state index contributed by atoms with van der Waals surface area (Å²) in [5.41, 5.74) is 1.37. The molecule has 1 saturated heterocycles. The molecule has 0 saturated carbocycles. The Morgan fingerprint density at radius 1 is 0.912 bits per heavy atom. The van der Waals surface area contributed by atoms with Gasteiger partial charge in [0.05, 0.1) is 0 Å². The summed E-state index contributed by atoms with van der Waals surface area (Å²) in [6.07, 6.45) is 0. The Morgan fingerprint density at radius 2 is 1.53 bits per heavy atom. The molecule has 0 N–H and O–H groups in total. The van der Waals surface area contributed by atoms with Crippen LogP contribution in [0, 0.1) is 0 Å². The predicted molar refractivity (Wildman–Crippen MR) is 133 cm³/mol. The number of nitrogens with zero attached hydrogens (tertiary/aromatic N) is 5. The third kappa shape index (κ3) is 5.90. The van der Waals surface area contributed by atoms with Crippen molar-refractivity contribution in [1.29, 1.82) is 0 Å². The predicted octanol–water partition coefficient (Wildman–Crippen LogP) is 4.88. The van der Waals surface area contributed by atoms with Crippen LogP contribution >= 0.6 is 34.5 Å². The van der Waals surface area contributed by atoms with E-state index in [9.17, 15) is 13.2 Å². The van der Waals surface area contributed by atoms with Crippen LogP contribution in [0.25, 0.3) is 0 Å². The van der Waals surface area contributed by atoms with Crippen molar-refractivity contribution >= 4 is 56.2 Å². The summed E-state index contributed by atoms with van der Waals surface area (Å²) in [5.74, 6) is -0.535. The van der Waals surface area contributed by atoms with E-state index in [1.165, 1.54) is 4.31 Å². The van der Waals surface area contributed by atoms with E-state index in [2.05, 4.69) is 20.0 Å². The van der Waals surface area contributed by atoms with E-state index in [4.69, 9.17) is 23.2 Å². The number of anilines is 1. The number of benzene rings is 2. The molecule has 0 aliphatic carbocycles. The van der Waals surface area contributed by atoms with Crippen LogP contribution in [0.1, 0.15) is 15.2 Å². The Balaban J connectivity index is 1.34. The number of rotatable bonds is 6. The second kappa shape index (κ2) is 10.8. The van der Waals surface area contributed by atoms with E-state index in [1.807, 2.05) is 24.3 Å². The fourth-order valence-electron chi connectivity index (χ4n) is 3.37. The Morgan fingerprint density at radius 3 is 2.18 bits per heavy atom. The molecule has 1 aromatic heterocycles. The quantitative estimate of drug-likeness (QED) is 0.331. The molecular weight excluding hydrogens is 517 g/mol. The van der Waals surface area contributed by atoms with Gasteiger partial charge in [-0.05, 0) is 60.7 Å². The minimum Gasteiger partial charge on any atom is -0.369 e. The van der Waals surface area contributed by atoms with E-state index >= 15 is 0 Å². The van der Waals surface area contributed by atoms with Crippen LogP contribution in [0.15, 0.2) is 75.1 Å². The molecular formula is C22H20Cl2N5O3S2+. The number of sulfonamides is 1. The molecule has 3 aromatic rings. The number of hydrogen-bond donors (Lipinski definition) is 0. The zero-order chi connectivity index (χ0) is 24.1. The molecule has 0 radical (unpaired) electrons. The van der Waals surface area contributed by atoms with Crippen molar-refractivity contribution in [2.75, 3.05) is 31.1 Å². The molecule has 176 valence electrons. The van der Waals surface area contributed by atoms with E-state index in [-0.39, 0.29) is 10.8 Å². The number of hydrogen-bond acceptors (Lipinski definition) is 6. The molecule has 1 aliphatic rings. The Kier molecular flexibility index (Phi) is 7.77. The first-order valence-electron chi connectivity index (χ1n) is 10.3. The third-order valence-corrected chi connectivity index (χ3v) is 9.12. The molecule has 1 aliphatic heterocycles. The van der Waals surface area contributed by atoms with Crippen molar-refractivity contribution in [3.63, 3.8) is 0 Å². The molecule has 8 nitrogen and oxygen atoms in total. The van der Waals surface area contributed by atoms with Gasteiger partial charge in [-0.1, -0.05) is 23.2 Å². The topological polar surface area (TPSA) is 96.5 Å². The monoisotopic (exact) mass is 536 g/mol. The number of carbonyl (C=O) groups is 1. The minimum absolute atomic E-state index is 0.127. The molecule has 34 heavy (non-hydrogen) atoms. The minimum atomic E-state index is -3.59. The summed E-state index contributed by atoms with van der Waals surface area (Å²) >= 11 is 12.9. The molecule has 1 amide bonds. The van der Waals surface area contributed by atoms with E-state index in [0.29, 0.717) is 46.7 Å². The van der Waals surface area contributed by atoms with Gasteiger partial charge in [-0.2, -0.15) is 4.31 Å². The number of carbonyl (C=O) groups excluding carboxylic acids is 1.